The highest BCUT2D eigenvalue weighted by atomic mass is 16.7. The summed E-state index contributed by atoms with van der Waals surface area (Å²) in [5, 5.41) is 4.13. The molecular weight excluding hydrogens is 391 g/mol. The molecule has 6 nitrogen and oxygen atoms in total. The molecule has 162 valence electrons. The highest BCUT2D eigenvalue weighted by molar-refractivity contribution is 6.62. The summed E-state index contributed by atoms with van der Waals surface area (Å²) in [4.78, 5) is 12.9. The fourth-order valence-corrected chi connectivity index (χ4v) is 3.66. The normalized spacial score (nSPS) is 17.3. The number of rotatable bonds is 6. The number of anilines is 1. The second-order valence-corrected chi connectivity index (χ2v) is 8.94. The van der Waals surface area contributed by atoms with Crippen LogP contribution in [0.3, 0.4) is 0 Å². The standard InChI is InChI=1S/C24H29BN2O4/c1-23(2)24(3,4)31-25(30-23)19-8-6-7-18(15-19)22(28)26-20-10-9-17-11-12-27(13-14-29-5)21(17)16-20/h6-12,15-16H,13-14H2,1-5H3,(H,26,28). The number of nitrogens with zero attached hydrogens (tertiary/aromatic N) is 1. The Morgan fingerprint density at radius 3 is 2.52 bits per heavy atom. The summed E-state index contributed by atoms with van der Waals surface area (Å²) in [5.74, 6) is -0.173. The van der Waals surface area contributed by atoms with Crippen LogP contribution in [-0.2, 0) is 20.6 Å². The molecule has 1 aromatic heterocycles. The summed E-state index contributed by atoms with van der Waals surface area (Å²) < 4.78 is 19.5. The van der Waals surface area contributed by atoms with Crippen LogP contribution < -0.4 is 10.8 Å². The predicted molar refractivity (Wildman–Crippen MR) is 124 cm³/mol. The zero-order valence-electron chi connectivity index (χ0n) is 18.8. The minimum absolute atomic E-state index is 0.173. The SMILES string of the molecule is COCCn1ccc2ccc(NC(=O)c3cccc(B4OC(C)(C)C(C)(C)O4)c3)cc21. The number of nitrogens with one attached hydrogen (secondary N) is 1. The van der Waals surface area contributed by atoms with Crippen LogP contribution >= 0.6 is 0 Å². The van der Waals surface area contributed by atoms with Gasteiger partial charge in [0.25, 0.3) is 5.91 Å². The van der Waals surface area contributed by atoms with E-state index in [2.05, 4.69) is 16.0 Å². The van der Waals surface area contributed by atoms with Crippen molar-refractivity contribution in [2.45, 2.75) is 45.4 Å². The number of ether oxygens (including phenoxy) is 1. The van der Waals surface area contributed by atoms with Gasteiger partial charge in [-0.15, -0.1) is 0 Å². The third-order valence-electron chi connectivity index (χ3n) is 6.24. The van der Waals surface area contributed by atoms with Gasteiger partial charge in [0, 0.05) is 31.1 Å². The Kier molecular flexibility index (Phi) is 5.68. The van der Waals surface area contributed by atoms with Gasteiger partial charge in [-0.3, -0.25) is 4.79 Å². The molecule has 7 heteroatoms. The van der Waals surface area contributed by atoms with Crippen molar-refractivity contribution >= 4 is 35.1 Å². The first-order chi connectivity index (χ1) is 14.7. The monoisotopic (exact) mass is 420 g/mol. The highest BCUT2D eigenvalue weighted by Gasteiger charge is 2.51. The first-order valence-corrected chi connectivity index (χ1v) is 10.5. The van der Waals surface area contributed by atoms with Gasteiger partial charge in [0.15, 0.2) is 0 Å². The largest absolute Gasteiger partial charge is 0.494 e. The number of carbonyl (C=O) groups is 1. The fraction of sp³-hybridized carbons (Fsp3) is 0.375. The van der Waals surface area contributed by atoms with Crippen LogP contribution in [-0.4, -0.2) is 42.5 Å². The van der Waals surface area contributed by atoms with E-state index in [1.54, 1.807) is 13.2 Å². The number of methoxy groups -OCH3 is 1. The summed E-state index contributed by atoms with van der Waals surface area (Å²) in [6.45, 7) is 9.45. The lowest BCUT2D eigenvalue weighted by Crippen LogP contribution is -2.41. The van der Waals surface area contributed by atoms with Crippen molar-refractivity contribution in [3.05, 3.63) is 60.3 Å². The Hall–Kier alpha value is -2.61. The number of fused-ring (bicyclic) bond motifs is 1. The van der Waals surface area contributed by atoms with Gasteiger partial charge in [0.05, 0.1) is 23.3 Å². The summed E-state index contributed by atoms with van der Waals surface area (Å²) >= 11 is 0. The summed E-state index contributed by atoms with van der Waals surface area (Å²) in [6, 6.07) is 15.4. The van der Waals surface area contributed by atoms with Crippen molar-refractivity contribution in [3.63, 3.8) is 0 Å². The van der Waals surface area contributed by atoms with Gasteiger partial charge < -0.3 is 23.9 Å². The fourth-order valence-electron chi connectivity index (χ4n) is 3.66. The minimum Gasteiger partial charge on any atom is -0.399 e. The molecule has 3 aromatic rings. The number of hydrogen-bond donors (Lipinski definition) is 1. The topological polar surface area (TPSA) is 61.7 Å². The van der Waals surface area contributed by atoms with Gasteiger partial charge >= 0.3 is 7.12 Å². The van der Waals surface area contributed by atoms with Crippen molar-refractivity contribution < 1.29 is 18.8 Å². The lowest BCUT2D eigenvalue weighted by Gasteiger charge is -2.32. The molecule has 31 heavy (non-hydrogen) atoms. The molecule has 1 fully saturated rings. The molecule has 0 unspecified atom stereocenters. The van der Waals surface area contributed by atoms with E-state index in [-0.39, 0.29) is 5.91 Å². The van der Waals surface area contributed by atoms with Crippen molar-refractivity contribution in [3.8, 4) is 0 Å². The zero-order chi connectivity index (χ0) is 22.2. The Morgan fingerprint density at radius 1 is 1.06 bits per heavy atom. The average molecular weight is 420 g/mol. The van der Waals surface area contributed by atoms with E-state index in [1.165, 1.54) is 0 Å². The smallest absolute Gasteiger partial charge is 0.399 e. The molecule has 0 bridgehead atoms. The minimum atomic E-state index is -0.502. The van der Waals surface area contributed by atoms with Crippen LogP contribution in [0.2, 0.25) is 0 Å². The molecule has 1 amide bonds. The van der Waals surface area contributed by atoms with Crippen molar-refractivity contribution in [1.82, 2.24) is 4.57 Å². The van der Waals surface area contributed by atoms with Gasteiger partial charge in [-0.2, -0.15) is 0 Å². The van der Waals surface area contributed by atoms with Crippen LogP contribution in [0.5, 0.6) is 0 Å². The molecule has 0 aliphatic carbocycles. The maximum absolute atomic E-state index is 12.9. The van der Waals surface area contributed by atoms with Crippen LogP contribution in [0.4, 0.5) is 5.69 Å². The van der Waals surface area contributed by atoms with E-state index in [9.17, 15) is 4.79 Å². The molecule has 4 rings (SSSR count). The Morgan fingerprint density at radius 2 is 1.81 bits per heavy atom. The number of hydrogen-bond acceptors (Lipinski definition) is 4. The Balaban J connectivity index is 1.52. The van der Waals surface area contributed by atoms with E-state index < -0.39 is 18.3 Å². The van der Waals surface area contributed by atoms with E-state index in [0.717, 1.165) is 28.6 Å². The molecule has 1 N–H and O–H groups in total. The maximum atomic E-state index is 12.9. The van der Waals surface area contributed by atoms with Crippen molar-refractivity contribution in [2.24, 2.45) is 0 Å². The molecule has 2 aromatic carbocycles. The van der Waals surface area contributed by atoms with Crippen molar-refractivity contribution in [2.75, 3.05) is 19.0 Å². The highest BCUT2D eigenvalue weighted by Crippen LogP contribution is 2.36. The van der Waals surface area contributed by atoms with Gasteiger partial charge in [-0.25, -0.2) is 0 Å². The third kappa shape index (κ3) is 4.26. The quantitative estimate of drug-likeness (QED) is 0.616. The average Bonchev–Trinajstić information content (AvgIpc) is 3.23. The molecule has 0 saturated carbocycles. The molecular formula is C24H29BN2O4. The summed E-state index contributed by atoms with van der Waals surface area (Å²) in [5.41, 5.74) is 2.33. The van der Waals surface area contributed by atoms with Gasteiger partial charge in [0.2, 0.25) is 0 Å². The second-order valence-electron chi connectivity index (χ2n) is 8.94. The molecule has 1 aliphatic rings. The van der Waals surface area contributed by atoms with Crippen LogP contribution in [0, 0.1) is 0 Å². The molecule has 0 radical (unpaired) electrons. The Bertz CT molecular complexity index is 1090. The second kappa shape index (κ2) is 8.15. The predicted octanol–water partition coefficient (Wildman–Crippen LogP) is 3.84. The summed E-state index contributed by atoms with van der Waals surface area (Å²) in [6.07, 6.45) is 2.03. The molecule has 0 spiro atoms. The first-order valence-electron chi connectivity index (χ1n) is 10.5. The van der Waals surface area contributed by atoms with Crippen LogP contribution in [0.1, 0.15) is 38.1 Å². The number of carbonyl (C=O) groups excluding carboxylic acids is 1. The summed E-state index contributed by atoms with van der Waals surface area (Å²) in [7, 11) is 1.19. The van der Waals surface area contributed by atoms with Crippen LogP contribution in [0.25, 0.3) is 10.9 Å². The number of amides is 1. The van der Waals surface area contributed by atoms with Crippen molar-refractivity contribution in [1.29, 1.82) is 0 Å². The van der Waals surface area contributed by atoms with E-state index in [1.807, 2.05) is 70.3 Å². The Labute approximate surface area is 183 Å². The molecule has 1 aliphatic heterocycles. The number of aromatic nitrogens is 1. The van der Waals surface area contributed by atoms with E-state index >= 15 is 0 Å². The molecule has 1 saturated heterocycles. The van der Waals surface area contributed by atoms with Crippen LogP contribution in [0.15, 0.2) is 54.7 Å². The van der Waals surface area contributed by atoms with E-state index in [4.69, 9.17) is 14.0 Å². The first kappa shape index (κ1) is 21.6. The molecule has 0 atom stereocenters. The third-order valence-corrected chi connectivity index (χ3v) is 6.24. The lowest BCUT2D eigenvalue weighted by atomic mass is 9.78. The zero-order valence-corrected chi connectivity index (χ0v) is 18.8. The van der Waals surface area contributed by atoms with E-state index in [0.29, 0.717) is 12.2 Å². The lowest BCUT2D eigenvalue weighted by molar-refractivity contribution is 0.00578. The van der Waals surface area contributed by atoms with Gasteiger partial charge in [-0.1, -0.05) is 18.2 Å². The number of benzene rings is 2. The maximum Gasteiger partial charge on any atom is 0.494 e. The van der Waals surface area contributed by atoms with Gasteiger partial charge in [0.1, 0.15) is 0 Å². The van der Waals surface area contributed by atoms with Gasteiger partial charge in [-0.05, 0) is 68.9 Å². The molecule has 2 heterocycles.